The molecule has 0 aliphatic rings. The minimum atomic E-state index is -0.852. The van der Waals surface area contributed by atoms with Gasteiger partial charge in [0.25, 0.3) is 0 Å². The van der Waals surface area contributed by atoms with E-state index >= 15 is 0 Å². The first kappa shape index (κ1) is 12.9. The number of imidazole rings is 1. The highest BCUT2D eigenvalue weighted by molar-refractivity contribution is 5.96. The highest BCUT2D eigenvalue weighted by Gasteiger charge is 2.09. The molecule has 0 spiro atoms. The van der Waals surface area contributed by atoms with Gasteiger partial charge in [-0.2, -0.15) is 0 Å². The molecule has 0 aromatic carbocycles. The summed E-state index contributed by atoms with van der Waals surface area (Å²) in [6.45, 7) is 0. The van der Waals surface area contributed by atoms with Gasteiger partial charge >= 0.3 is 5.97 Å². The summed E-state index contributed by atoms with van der Waals surface area (Å²) < 4.78 is 0. The van der Waals surface area contributed by atoms with Crippen LogP contribution in [0.5, 0.6) is 0 Å². The normalized spacial score (nSPS) is 10.5. The van der Waals surface area contributed by atoms with E-state index in [4.69, 9.17) is 5.11 Å². The second-order valence-electron chi connectivity index (χ2n) is 3.97. The Morgan fingerprint density at radius 1 is 1.21 bits per heavy atom. The van der Waals surface area contributed by atoms with Crippen LogP contribution in [0.25, 0.3) is 11.2 Å². The van der Waals surface area contributed by atoms with Crippen molar-refractivity contribution in [2.24, 2.45) is 0 Å². The third-order valence-electron chi connectivity index (χ3n) is 2.53. The van der Waals surface area contributed by atoms with Crippen LogP contribution in [0.3, 0.4) is 0 Å². The van der Waals surface area contributed by atoms with Gasteiger partial charge in [0, 0.05) is 12.8 Å². The molecule has 0 aliphatic heterocycles. The van der Waals surface area contributed by atoms with E-state index in [1.807, 2.05) is 0 Å². The molecule has 19 heavy (non-hydrogen) atoms. The summed E-state index contributed by atoms with van der Waals surface area (Å²) in [6, 6.07) is 0. The lowest BCUT2D eigenvalue weighted by molar-refractivity contribution is -0.137. The molecule has 0 unspecified atom stereocenters. The van der Waals surface area contributed by atoms with E-state index in [2.05, 4.69) is 25.3 Å². The van der Waals surface area contributed by atoms with Crippen LogP contribution in [0, 0.1) is 0 Å². The number of amides is 1. The second kappa shape index (κ2) is 5.89. The summed E-state index contributed by atoms with van der Waals surface area (Å²) in [7, 11) is 0. The predicted molar refractivity (Wildman–Crippen MR) is 66.4 cm³/mol. The first-order valence-electron chi connectivity index (χ1n) is 5.82. The van der Waals surface area contributed by atoms with E-state index in [-0.39, 0.29) is 18.7 Å². The van der Waals surface area contributed by atoms with Gasteiger partial charge in [-0.15, -0.1) is 0 Å². The minimum Gasteiger partial charge on any atom is -0.481 e. The number of hydrogen-bond acceptors (Lipinski definition) is 5. The van der Waals surface area contributed by atoms with Gasteiger partial charge in [-0.1, -0.05) is 0 Å². The molecular weight excluding hydrogens is 250 g/mol. The van der Waals surface area contributed by atoms with Gasteiger partial charge in [0.05, 0.1) is 6.33 Å². The molecule has 2 rings (SSSR count). The fraction of sp³-hybridized carbons (Fsp3) is 0.364. The van der Waals surface area contributed by atoms with Crippen molar-refractivity contribution in [2.75, 3.05) is 5.32 Å². The zero-order valence-corrected chi connectivity index (χ0v) is 10.1. The van der Waals surface area contributed by atoms with Crippen molar-refractivity contribution < 1.29 is 14.7 Å². The highest BCUT2D eigenvalue weighted by atomic mass is 16.4. The standard InChI is InChI=1S/C11H13N5O3/c17-7(3-1-2-4-8(18)19)16-11-9-10(13-5-12-9)14-6-15-11/h5-6H,1-4H2,(H,18,19)(H2,12,13,14,15,16,17). The van der Waals surface area contributed by atoms with Gasteiger partial charge in [-0.3, -0.25) is 9.59 Å². The lowest BCUT2D eigenvalue weighted by atomic mass is 10.2. The van der Waals surface area contributed by atoms with Gasteiger partial charge in [-0.05, 0) is 12.8 Å². The van der Waals surface area contributed by atoms with E-state index in [1.165, 1.54) is 12.7 Å². The van der Waals surface area contributed by atoms with Gasteiger partial charge in [-0.25, -0.2) is 15.0 Å². The Bertz CT molecular complexity index is 595. The van der Waals surface area contributed by atoms with E-state index < -0.39 is 5.97 Å². The van der Waals surface area contributed by atoms with Crippen LogP contribution in [0.4, 0.5) is 5.82 Å². The summed E-state index contributed by atoms with van der Waals surface area (Å²) in [5, 5.41) is 11.1. The fourth-order valence-corrected chi connectivity index (χ4v) is 1.62. The number of carbonyl (C=O) groups excluding carboxylic acids is 1. The molecule has 0 atom stereocenters. The van der Waals surface area contributed by atoms with Gasteiger partial charge < -0.3 is 15.4 Å². The molecule has 8 nitrogen and oxygen atoms in total. The first-order chi connectivity index (χ1) is 9.16. The van der Waals surface area contributed by atoms with Crippen LogP contribution in [0.1, 0.15) is 25.7 Å². The van der Waals surface area contributed by atoms with Crippen LogP contribution in [-0.2, 0) is 9.59 Å². The Hall–Kier alpha value is -2.51. The van der Waals surface area contributed by atoms with Gasteiger partial charge in [0.15, 0.2) is 11.5 Å². The maximum Gasteiger partial charge on any atom is 0.303 e. The first-order valence-corrected chi connectivity index (χ1v) is 5.82. The SMILES string of the molecule is O=C(O)CCCCC(=O)Nc1ncnc2nc[nH]c12. The quantitative estimate of drug-likeness (QED) is 0.667. The molecule has 0 fully saturated rings. The average molecular weight is 263 g/mol. The highest BCUT2D eigenvalue weighted by Crippen LogP contribution is 2.14. The number of aromatic nitrogens is 4. The fourth-order valence-electron chi connectivity index (χ4n) is 1.62. The number of aliphatic carboxylic acids is 1. The number of carbonyl (C=O) groups is 2. The Kier molecular flexibility index (Phi) is 4.01. The van der Waals surface area contributed by atoms with Crippen LogP contribution in [-0.4, -0.2) is 36.9 Å². The molecule has 0 aliphatic carbocycles. The lowest BCUT2D eigenvalue weighted by Crippen LogP contribution is -2.13. The van der Waals surface area contributed by atoms with Crippen molar-refractivity contribution in [3.05, 3.63) is 12.7 Å². The molecule has 0 saturated heterocycles. The number of aromatic amines is 1. The van der Waals surface area contributed by atoms with Crippen molar-refractivity contribution in [3.63, 3.8) is 0 Å². The average Bonchev–Trinajstić information content (AvgIpc) is 2.84. The number of hydrogen-bond donors (Lipinski definition) is 3. The van der Waals surface area contributed by atoms with Crippen LogP contribution in [0.15, 0.2) is 12.7 Å². The third kappa shape index (κ3) is 3.47. The van der Waals surface area contributed by atoms with Gasteiger partial charge in [0.2, 0.25) is 5.91 Å². The van der Waals surface area contributed by atoms with E-state index in [1.54, 1.807) is 0 Å². The lowest BCUT2D eigenvalue weighted by Gasteiger charge is -2.04. The topological polar surface area (TPSA) is 121 Å². The van der Waals surface area contributed by atoms with Crippen molar-refractivity contribution in [1.29, 1.82) is 0 Å². The number of carboxylic acid groups (broad SMARTS) is 1. The molecule has 0 bridgehead atoms. The number of carboxylic acids is 1. The molecule has 2 heterocycles. The predicted octanol–water partition coefficient (Wildman–Crippen LogP) is 0.936. The van der Waals surface area contributed by atoms with Crippen molar-refractivity contribution in [3.8, 4) is 0 Å². The van der Waals surface area contributed by atoms with E-state index in [0.717, 1.165) is 0 Å². The molecule has 0 radical (unpaired) electrons. The third-order valence-corrected chi connectivity index (χ3v) is 2.53. The molecule has 1 amide bonds. The van der Waals surface area contributed by atoms with Crippen molar-refractivity contribution >= 4 is 28.9 Å². The Balaban J connectivity index is 1.88. The van der Waals surface area contributed by atoms with Crippen LogP contribution in [0.2, 0.25) is 0 Å². The number of nitrogens with one attached hydrogen (secondary N) is 2. The van der Waals surface area contributed by atoms with Crippen LogP contribution >= 0.6 is 0 Å². The Labute approximate surface area is 108 Å². The zero-order chi connectivity index (χ0) is 13.7. The Morgan fingerprint density at radius 3 is 2.79 bits per heavy atom. The number of nitrogens with zero attached hydrogens (tertiary/aromatic N) is 3. The largest absolute Gasteiger partial charge is 0.481 e. The smallest absolute Gasteiger partial charge is 0.303 e. The summed E-state index contributed by atoms with van der Waals surface area (Å²) in [5.41, 5.74) is 1.05. The zero-order valence-electron chi connectivity index (χ0n) is 10.1. The maximum atomic E-state index is 11.7. The van der Waals surface area contributed by atoms with E-state index in [0.29, 0.717) is 29.8 Å². The van der Waals surface area contributed by atoms with Crippen molar-refractivity contribution in [1.82, 2.24) is 19.9 Å². The molecule has 0 saturated carbocycles. The molecular formula is C11H13N5O3. The molecule has 100 valence electrons. The molecule has 8 heteroatoms. The number of H-pyrrole nitrogens is 1. The van der Waals surface area contributed by atoms with Crippen molar-refractivity contribution in [2.45, 2.75) is 25.7 Å². The monoisotopic (exact) mass is 263 g/mol. The number of rotatable bonds is 6. The molecule has 2 aromatic rings. The van der Waals surface area contributed by atoms with Crippen LogP contribution < -0.4 is 5.32 Å². The van der Waals surface area contributed by atoms with Gasteiger partial charge in [0.1, 0.15) is 11.8 Å². The maximum absolute atomic E-state index is 11.7. The number of fused-ring (bicyclic) bond motifs is 1. The summed E-state index contributed by atoms with van der Waals surface area (Å²) >= 11 is 0. The van der Waals surface area contributed by atoms with E-state index in [9.17, 15) is 9.59 Å². The summed E-state index contributed by atoms with van der Waals surface area (Å²) in [6.07, 6.45) is 4.13. The molecule has 2 aromatic heterocycles. The summed E-state index contributed by atoms with van der Waals surface area (Å²) in [5.74, 6) is -0.680. The number of unbranched alkanes of at least 4 members (excludes halogenated alkanes) is 1. The number of anilines is 1. The second-order valence-corrected chi connectivity index (χ2v) is 3.97. The minimum absolute atomic E-state index is 0.0750. The summed E-state index contributed by atoms with van der Waals surface area (Å²) in [4.78, 5) is 36.7. The molecule has 3 N–H and O–H groups in total. The Morgan fingerprint density at radius 2 is 2.00 bits per heavy atom.